The summed E-state index contributed by atoms with van der Waals surface area (Å²) in [5.41, 5.74) is 2.11. The number of esters is 1. The summed E-state index contributed by atoms with van der Waals surface area (Å²) >= 11 is 0. The predicted octanol–water partition coefficient (Wildman–Crippen LogP) is 3.37. The van der Waals surface area contributed by atoms with E-state index in [9.17, 15) is 13.2 Å². The number of hydrogen-bond donors (Lipinski definition) is 1. The highest BCUT2D eigenvalue weighted by molar-refractivity contribution is 7.92. The van der Waals surface area contributed by atoms with Crippen molar-refractivity contribution in [1.82, 2.24) is 9.88 Å². The van der Waals surface area contributed by atoms with Gasteiger partial charge >= 0.3 is 5.97 Å². The van der Waals surface area contributed by atoms with Gasteiger partial charge in [0.2, 0.25) is 10.0 Å². The van der Waals surface area contributed by atoms with Gasteiger partial charge in [-0.25, -0.2) is 13.1 Å². The lowest BCUT2D eigenvalue weighted by Crippen LogP contribution is -2.24. The number of ether oxygens (including phenoxy) is 1. The van der Waals surface area contributed by atoms with Gasteiger partial charge in [0, 0.05) is 23.6 Å². The van der Waals surface area contributed by atoms with Gasteiger partial charge in [-0.1, -0.05) is 65.8 Å². The van der Waals surface area contributed by atoms with Crippen molar-refractivity contribution < 1.29 is 22.5 Å². The van der Waals surface area contributed by atoms with Gasteiger partial charge in [-0.3, -0.25) is 4.79 Å². The Morgan fingerprint density at radius 1 is 1.07 bits per heavy atom. The lowest BCUT2D eigenvalue weighted by molar-refractivity contribution is -0.144. The van der Waals surface area contributed by atoms with Crippen LogP contribution in [0, 0.1) is 0 Å². The minimum atomic E-state index is -3.64. The fraction of sp³-hybridized carbons (Fsp3) is 0.143. The van der Waals surface area contributed by atoms with Crippen LogP contribution >= 0.6 is 0 Å². The number of sulfonamides is 1. The molecule has 0 fully saturated rings. The lowest BCUT2D eigenvalue weighted by atomic mass is 10.2. The van der Waals surface area contributed by atoms with Crippen LogP contribution in [0.15, 0.2) is 76.7 Å². The summed E-state index contributed by atoms with van der Waals surface area (Å²) in [6.45, 7) is -0.107. The zero-order chi connectivity index (χ0) is 20.5. The summed E-state index contributed by atoms with van der Waals surface area (Å²) in [5, 5.41) is 4.93. The van der Waals surface area contributed by atoms with Gasteiger partial charge in [-0.2, -0.15) is 0 Å². The number of benzene rings is 2. The molecule has 8 heteroatoms. The first-order valence-electron chi connectivity index (χ1n) is 8.91. The van der Waals surface area contributed by atoms with Crippen molar-refractivity contribution in [3.8, 4) is 11.3 Å². The first-order valence-corrected chi connectivity index (χ1v) is 10.5. The number of carbonyl (C=O) groups excluding carboxylic acids is 1. The maximum atomic E-state index is 11.9. The van der Waals surface area contributed by atoms with Crippen LogP contribution < -0.4 is 4.72 Å². The molecule has 1 heterocycles. The van der Waals surface area contributed by atoms with E-state index in [2.05, 4.69) is 9.88 Å². The van der Waals surface area contributed by atoms with Crippen molar-refractivity contribution in [2.45, 2.75) is 13.0 Å². The van der Waals surface area contributed by atoms with Crippen LogP contribution in [0.25, 0.3) is 17.4 Å². The molecule has 0 aliphatic heterocycles. The van der Waals surface area contributed by atoms with Crippen molar-refractivity contribution >= 4 is 22.1 Å². The van der Waals surface area contributed by atoms with Crippen LogP contribution in [-0.2, 0) is 26.2 Å². The Bertz CT molecular complexity index is 1060. The largest absolute Gasteiger partial charge is 0.459 e. The van der Waals surface area contributed by atoms with E-state index in [4.69, 9.17) is 9.26 Å². The summed E-state index contributed by atoms with van der Waals surface area (Å²) in [7, 11) is -3.64. The molecular weight excluding hydrogens is 392 g/mol. The first-order chi connectivity index (χ1) is 14.0. The number of nitrogens with zero attached hydrogens (tertiary/aromatic N) is 1. The topological polar surface area (TPSA) is 98.5 Å². The second kappa shape index (κ2) is 9.81. The summed E-state index contributed by atoms with van der Waals surface area (Å²) < 4.78 is 36.5. The molecule has 3 aromatic rings. The summed E-state index contributed by atoms with van der Waals surface area (Å²) in [6.07, 6.45) is 1.39. The number of hydrogen-bond acceptors (Lipinski definition) is 6. The fourth-order valence-electron chi connectivity index (χ4n) is 2.42. The van der Waals surface area contributed by atoms with Crippen LogP contribution in [0.4, 0.5) is 0 Å². The Balaban J connectivity index is 1.41. The maximum Gasteiger partial charge on any atom is 0.307 e. The van der Waals surface area contributed by atoms with Crippen LogP contribution in [0.1, 0.15) is 17.7 Å². The number of carbonyl (C=O) groups is 1. The molecule has 2 aromatic carbocycles. The van der Waals surface area contributed by atoms with E-state index in [1.54, 1.807) is 18.2 Å². The lowest BCUT2D eigenvalue weighted by Gasteiger charge is -2.04. The van der Waals surface area contributed by atoms with Gasteiger partial charge < -0.3 is 9.26 Å². The van der Waals surface area contributed by atoms with E-state index < -0.39 is 16.0 Å². The van der Waals surface area contributed by atoms with Crippen molar-refractivity contribution in [2.24, 2.45) is 0 Å². The number of rotatable bonds is 9. The first kappa shape index (κ1) is 20.5. The van der Waals surface area contributed by atoms with Crippen LogP contribution in [0.2, 0.25) is 0 Å². The molecule has 0 saturated carbocycles. The summed E-state index contributed by atoms with van der Waals surface area (Å²) in [4.78, 5) is 11.8. The van der Waals surface area contributed by atoms with E-state index in [1.165, 1.54) is 6.08 Å². The third-order valence-corrected chi connectivity index (χ3v) is 4.97. The Kier molecular flexibility index (Phi) is 6.94. The molecule has 0 radical (unpaired) electrons. The third-order valence-electron chi connectivity index (χ3n) is 3.87. The predicted molar refractivity (Wildman–Crippen MR) is 109 cm³/mol. The Morgan fingerprint density at radius 3 is 2.48 bits per heavy atom. The van der Waals surface area contributed by atoms with Gasteiger partial charge in [-0.05, 0) is 11.6 Å². The monoisotopic (exact) mass is 412 g/mol. The van der Waals surface area contributed by atoms with Gasteiger partial charge in [0.25, 0.3) is 0 Å². The average Bonchev–Trinajstić information content (AvgIpc) is 3.21. The smallest absolute Gasteiger partial charge is 0.307 e. The molecule has 0 bridgehead atoms. The molecule has 0 aliphatic rings. The Labute approximate surface area is 169 Å². The third kappa shape index (κ3) is 6.70. The molecule has 1 aromatic heterocycles. The van der Waals surface area contributed by atoms with Crippen molar-refractivity contribution in [1.29, 1.82) is 0 Å². The van der Waals surface area contributed by atoms with Gasteiger partial charge in [0.15, 0.2) is 5.76 Å². The highest BCUT2D eigenvalue weighted by Crippen LogP contribution is 2.20. The zero-order valence-corrected chi connectivity index (χ0v) is 16.3. The van der Waals surface area contributed by atoms with Crippen LogP contribution in [0.3, 0.4) is 0 Å². The Morgan fingerprint density at radius 2 is 1.76 bits per heavy atom. The van der Waals surface area contributed by atoms with E-state index in [-0.39, 0.29) is 19.6 Å². The molecule has 0 unspecified atom stereocenters. The fourth-order valence-corrected chi connectivity index (χ4v) is 3.24. The van der Waals surface area contributed by atoms with Gasteiger partial charge in [-0.15, -0.1) is 0 Å². The highest BCUT2D eigenvalue weighted by Gasteiger charge is 2.11. The van der Waals surface area contributed by atoms with Crippen LogP contribution in [-0.4, -0.2) is 26.1 Å². The molecule has 29 heavy (non-hydrogen) atoms. The quantitative estimate of drug-likeness (QED) is 0.541. The minimum absolute atomic E-state index is 0.0458. The Hall–Kier alpha value is -3.23. The summed E-state index contributed by atoms with van der Waals surface area (Å²) in [5.74, 6) is 0.0404. The molecule has 0 saturated heterocycles. The number of nitrogens with one attached hydrogen (secondary N) is 1. The molecule has 0 amide bonds. The van der Waals surface area contributed by atoms with E-state index in [0.717, 1.165) is 16.5 Å². The second-order valence-corrected chi connectivity index (χ2v) is 7.76. The average molecular weight is 412 g/mol. The maximum absolute atomic E-state index is 11.9. The van der Waals surface area contributed by atoms with E-state index >= 15 is 0 Å². The zero-order valence-electron chi connectivity index (χ0n) is 15.5. The van der Waals surface area contributed by atoms with E-state index in [1.807, 2.05) is 48.5 Å². The molecule has 7 nitrogen and oxygen atoms in total. The minimum Gasteiger partial charge on any atom is -0.459 e. The van der Waals surface area contributed by atoms with Crippen molar-refractivity contribution in [3.05, 3.63) is 83.4 Å². The molecule has 0 spiro atoms. The van der Waals surface area contributed by atoms with Gasteiger partial charge in [0.1, 0.15) is 12.3 Å². The number of aromatic nitrogens is 1. The molecule has 3 rings (SSSR count). The van der Waals surface area contributed by atoms with Crippen molar-refractivity contribution in [3.63, 3.8) is 0 Å². The SMILES string of the molecule is O=C(CCNS(=O)(=O)/C=C/c1ccccc1)OCc1cc(-c2ccccc2)on1. The van der Waals surface area contributed by atoms with E-state index in [0.29, 0.717) is 11.5 Å². The van der Waals surface area contributed by atoms with Gasteiger partial charge in [0.05, 0.1) is 6.42 Å². The second-order valence-electron chi connectivity index (χ2n) is 6.11. The molecule has 1 N–H and O–H groups in total. The highest BCUT2D eigenvalue weighted by atomic mass is 32.2. The molecule has 150 valence electrons. The summed E-state index contributed by atoms with van der Waals surface area (Å²) in [6, 6.07) is 20.2. The van der Waals surface area contributed by atoms with Crippen molar-refractivity contribution in [2.75, 3.05) is 6.54 Å². The normalized spacial score (nSPS) is 11.6. The molecule has 0 atom stereocenters. The van der Waals surface area contributed by atoms with Crippen LogP contribution in [0.5, 0.6) is 0 Å². The standard InChI is InChI=1S/C21H20N2O5S/c24-21(11-13-22-29(25,26)14-12-17-7-3-1-4-8-17)27-16-19-15-20(28-23-19)18-9-5-2-6-10-18/h1-10,12,14-15,22H,11,13,16H2/b14-12+. The molecule has 0 aliphatic carbocycles. The molecular formula is C21H20N2O5S.